The number of carboxylic acids is 2. The Morgan fingerprint density at radius 2 is 1.51 bits per heavy atom. The number of likely N-dealkylation sites (tertiary alicyclic amines) is 2. The molecular formula is C22H27F6N5O5S. The van der Waals surface area contributed by atoms with Crippen LogP contribution in [0.15, 0.2) is 17.8 Å². The molecule has 4 rings (SSSR count). The fourth-order valence-electron chi connectivity index (χ4n) is 4.07. The average Bonchev–Trinajstić information content (AvgIpc) is 3.51. The van der Waals surface area contributed by atoms with Crippen molar-refractivity contribution in [3.8, 4) is 0 Å². The Bertz CT molecular complexity index is 1120. The predicted octanol–water partition coefficient (Wildman–Crippen LogP) is 3.47. The molecule has 1 amide bonds. The molecule has 218 valence electrons. The molecule has 0 bridgehead atoms. The molecule has 10 nitrogen and oxygen atoms in total. The number of amides is 1. The van der Waals surface area contributed by atoms with Crippen LogP contribution in [-0.2, 0) is 34.5 Å². The van der Waals surface area contributed by atoms with Gasteiger partial charge in [-0.3, -0.25) is 9.69 Å². The molecule has 2 saturated heterocycles. The lowest BCUT2D eigenvalue weighted by molar-refractivity contribution is -0.193. The highest BCUT2D eigenvalue weighted by molar-refractivity contribution is 7.09. The van der Waals surface area contributed by atoms with Gasteiger partial charge in [-0.2, -0.15) is 26.3 Å². The van der Waals surface area contributed by atoms with Crippen LogP contribution in [0.3, 0.4) is 0 Å². The van der Waals surface area contributed by atoms with Gasteiger partial charge in [0, 0.05) is 31.4 Å². The van der Waals surface area contributed by atoms with E-state index in [1.54, 1.807) is 11.3 Å². The maximum atomic E-state index is 13.0. The molecule has 0 unspecified atom stereocenters. The fraction of sp³-hybridized carbons (Fsp3) is 0.591. The van der Waals surface area contributed by atoms with E-state index in [1.807, 2.05) is 31.3 Å². The Morgan fingerprint density at radius 1 is 1.00 bits per heavy atom. The zero-order valence-corrected chi connectivity index (χ0v) is 21.7. The van der Waals surface area contributed by atoms with Gasteiger partial charge >= 0.3 is 24.3 Å². The van der Waals surface area contributed by atoms with Gasteiger partial charge in [0.1, 0.15) is 5.82 Å². The predicted molar refractivity (Wildman–Crippen MR) is 124 cm³/mol. The summed E-state index contributed by atoms with van der Waals surface area (Å²) in [6.45, 7) is 6.37. The minimum atomic E-state index is -5.08. The van der Waals surface area contributed by atoms with Gasteiger partial charge in [-0.1, -0.05) is 0 Å². The van der Waals surface area contributed by atoms with Gasteiger partial charge in [0.05, 0.1) is 29.2 Å². The van der Waals surface area contributed by atoms with E-state index in [-0.39, 0.29) is 5.41 Å². The van der Waals surface area contributed by atoms with Gasteiger partial charge in [0.2, 0.25) is 5.91 Å². The number of hydrogen-bond donors (Lipinski definition) is 2. The zero-order chi connectivity index (χ0) is 29.6. The number of alkyl halides is 6. The molecule has 4 heterocycles. The van der Waals surface area contributed by atoms with Crippen LogP contribution in [0.1, 0.15) is 35.8 Å². The molecule has 2 aromatic heterocycles. The summed E-state index contributed by atoms with van der Waals surface area (Å²) >= 11 is 1.66. The average molecular weight is 588 g/mol. The molecule has 1 spiro atoms. The van der Waals surface area contributed by atoms with E-state index in [4.69, 9.17) is 19.8 Å². The number of aryl methyl sites for hydroxylation is 2. The Hall–Kier alpha value is -3.21. The molecule has 2 aliphatic heterocycles. The van der Waals surface area contributed by atoms with E-state index in [2.05, 4.69) is 24.8 Å². The molecule has 2 aromatic rings. The Kier molecular flexibility index (Phi) is 10.5. The van der Waals surface area contributed by atoms with Crippen molar-refractivity contribution in [2.45, 2.75) is 51.6 Å². The second kappa shape index (κ2) is 12.8. The van der Waals surface area contributed by atoms with Crippen molar-refractivity contribution in [1.82, 2.24) is 24.3 Å². The summed E-state index contributed by atoms with van der Waals surface area (Å²) in [5.74, 6) is -4.08. The van der Waals surface area contributed by atoms with E-state index < -0.39 is 24.3 Å². The van der Waals surface area contributed by atoms with Crippen molar-refractivity contribution >= 4 is 29.2 Å². The maximum Gasteiger partial charge on any atom is 0.490 e. The van der Waals surface area contributed by atoms with Crippen LogP contribution in [0.5, 0.6) is 0 Å². The first-order valence-corrected chi connectivity index (χ1v) is 12.3. The molecule has 2 fully saturated rings. The van der Waals surface area contributed by atoms with Crippen LogP contribution >= 0.6 is 11.3 Å². The van der Waals surface area contributed by atoms with Gasteiger partial charge in [-0.25, -0.2) is 19.6 Å². The summed E-state index contributed by atoms with van der Waals surface area (Å²) in [7, 11) is 2.03. The number of carboxylic acid groups (broad SMARTS) is 2. The van der Waals surface area contributed by atoms with E-state index in [1.165, 1.54) is 0 Å². The number of carbonyl (C=O) groups excluding carboxylic acids is 1. The van der Waals surface area contributed by atoms with Crippen LogP contribution in [0.25, 0.3) is 0 Å². The lowest BCUT2D eigenvalue weighted by atomic mass is 9.77. The maximum absolute atomic E-state index is 13.0. The van der Waals surface area contributed by atoms with Gasteiger partial charge in [-0.15, -0.1) is 11.3 Å². The minimum absolute atomic E-state index is 0.136. The molecule has 2 N–H and O–H groups in total. The highest BCUT2D eigenvalue weighted by Crippen LogP contribution is 2.42. The monoisotopic (exact) mass is 587 g/mol. The Labute approximate surface area is 222 Å². The van der Waals surface area contributed by atoms with Crippen LogP contribution in [-0.4, -0.2) is 84.4 Å². The largest absolute Gasteiger partial charge is 0.490 e. The molecule has 2 aliphatic rings. The molecule has 0 aliphatic carbocycles. The number of carbonyl (C=O) groups is 3. The highest BCUT2D eigenvalue weighted by Gasteiger charge is 2.48. The number of piperidine rings is 1. The standard InChI is InChI=1S/C18H25N5OS.2C2HF3O2/c1-14-20-15(13-25-14)11-23-9-5-18(17(23)24)3-7-22(8-4-18)12-16-19-6-10-21(16)2;2*3-2(4,5)1(6)7/h6,10,13H,3-5,7-9,11-12H2,1-2H3;2*(H,6,7). The van der Waals surface area contributed by atoms with E-state index in [9.17, 15) is 31.1 Å². The summed E-state index contributed by atoms with van der Waals surface area (Å²) in [5.41, 5.74) is 0.892. The molecule has 39 heavy (non-hydrogen) atoms. The van der Waals surface area contributed by atoms with Gasteiger partial charge in [0.15, 0.2) is 0 Å². The molecule has 17 heteroatoms. The number of halogens is 6. The number of aromatic nitrogens is 3. The number of aliphatic carboxylic acids is 2. The van der Waals surface area contributed by atoms with Gasteiger partial charge in [0.25, 0.3) is 0 Å². The molecular weight excluding hydrogens is 560 g/mol. The summed E-state index contributed by atoms with van der Waals surface area (Å²) in [6, 6.07) is 0. The van der Waals surface area contributed by atoms with E-state index in [0.717, 1.165) is 62.0 Å². The number of hydrogen-bond acceptors (Lipinski definition) is 7. The smallest absolute Gasteiger partial charge is 0.475 e. The van der Waals surface area contributed by atoms with Crippen LogP contribution in [0.4, 0.5) is 26.3 Å². The fourth-order valence-corrected chi connectivity index (χ4v) is 4.68. The number of rotatable bonds is 4. The SMILES string of the molecule is Cc1nc(CN2CCC3(CCN(Cc4nccn4C)CC3)C2=O)cs1.O=C(O)C(F)(F)F.O=C(O)C(F)(F)F. The van der Waals surface area contributed by atoms with E-state index in [0.29, 0.717) is 12.5 Å². The van der Waals surface area contributed by atoms with Crippen LogP contribution < -0.4 is 0 Å². The third-order valence-electron chi connectivity index (χ3n) is 6.20. The van der Waals surface area contributed by atoms with E-state index >= 15 is 0 Å². The first-order chi connectivity index (χ1) is 17.9. The number of nitrogens with zero attached hydrogens (tertiary/aromatic N) is 5. The second-order valence-electron chi connectivity index (χ2n) is 8.95. The first-order valence-electron chi connectivity index (χ1n) is 11.4. The number of thiazole rings is 1. The lowest BCUT2D eigenvalue weighted by Gasteiger charge is -2.37. The summed E-state index contributed by atoms with van der Waals surface area (Å²) in [4.78, 5) is 44.2. The molecule has 0 radical (unpaired) electrons. The minimum Gasteiger partial charge on any atom is -0.475 e. The molecule has 0 saturated carbocycles. The highest BCUT2D eigenvalue weighted by atomic mass is 32.1. The van der Waals surface area contributed by atoms with Crippen molar-refractivity contribution < 1.29 is 50.9 Å². The van der Waals surface area contributed by atoms with Crippen molar-refractivity contribution in [3.05, 3.63) is 34.3 Å². The third-order valence-corrected chi connectivity index (χ3v) is 7.03. The summed E-state index contributed by atoms with van der Waals surface area (Å²) in [6.07, 6.45) is -3.42. The van der Waals surface area contributed by atoms with Crippen molar-refractivity contribution in [2.24, 2.45) is 12.5 Å². The first kappa shape index (κ1) is 32.0. The normalized spacial score (nSPS) is 17.3. The van der Waals surface area contributed by atoms with Gasteiger partial charge in [-0.05, 0) is 39.3 Å². The van der Waals surface area contributed by atoms with Gasteiger partial charge < -0.3 is 19.7 Å². The summed E-state index contributed by atoms with van der Waals surface area (Å²) < 4.78 is 65.5. The Balaban J connectivity index is 0.000000317. The molecule has 0 atom stereocenters. The topological polar surface area (TPSA) is 129 Å². The number of imidazole rings is 1. The Morgan fingerprint density at radius 3 is 1.92 bits per heavy atom. The quantitative estimate of drug-likeness (QED) is 0.521. The lowest BCUT2D eigenvalue weighted by Crippen LogP contribution is -2.44. The van der Waals surface area contributed by atoms with Crippen LogP contribution in [0.2, 0.25) is 0 Å². The summed E-state index contributed by atoms with van der Waals surface area (Å²) in [5, 5.41) is 17.4. The van der Waals surface area contributed by atoms with Crippen molar-refractivity contribution in [1.29, 1.82) is 0 Å². The van der Waals surface area contributed by atoms with Crippen LogP contribution in [0, 0.1) is 12.3 Å². The van der Waals surface area contributed by atoms with Crippen molar-refractivity contribution in [3.63, 3.8) is 0 Å². The zero-order valence-electron chi connectivity index (χ0n) is 20.9. The van der Waals surface area contributed by atoms with Crippen molar-refractivity contribution in [2.75, 3.05) is 19.6 Å². The second-order valence-corrected chi connectivity index (χ2v) is 10.0. The molecule has 0 aromatic carbocycles. The third kappa shape index (κ3) is 9.19.